The number of nitrogens with one attached hydrogen (secondary N) is 1. The van der Waals surface area contributed by atoms with E-state index in [0.717, 1.165) is 11.1 Å². The fourth-order valence-corrected chi connectivity index (χ4v) is 3.11. The van der Waals surface area contributed by atoms with E-state index in [9.17, 15) is 8.42 Å². The minimum absolute atomic E-state index is 0.112. The van der Waals surface area contributed by atoms with E-state index in [1.54, 1.807) is 13.2 Å². The van der Waals surface area contributed by atoms with Crippen LogP contribution in [-0.4, -0.2) is 41.1 Å². The number of ether oxygens (including phenoxy) is 2. The third-order valence-electron chi connectivity index (χ3n) is 2.62. The fourth-order valence-electron chi connectivity index (χ4n) is 1.66. The Morgan fingerprint density at radius 3 is 2.50 bits per heavy atom. The molecule has 0 amide bonds. The second-order valence-corrected chi connectivity index (χ2v) is 6.71. The van der Waals surface area contributed by atoms with Gasteiger partial charge >= 0.3 is 0 Å². The lowest BCUT2D eigenvalue weighted by Gasteiger charge is -2.13. The molecule has 7 heteroatoms. The van der Waals surface area contributed by atoms with Crippen molar-refractivity contribution in [1.29, 1.82) is 0 Å². The Labute approximate surface area is 125 Å². The van der Waals surface area contributed by atoms with Gasteiger partial charge in [-0.2, -0.15) is 0 Å². The van der Waals surface area contributed by atoms with E-state index >= 15 is 0 Å². The van der Waals surface area contributed by atoms with Gasteiger partial charge in [-0.05, 0) is 31.0 Å². The number of aryl methyl sites for hydroxylation is 2. The molecule has 1 aromatic carbocycles. The van der Waals surface area contributed by atoms with Gasteiger partial charge in [0.25, 0.3) is 0 Å². The average molecular weight is 322 g/mol. The summed E-state index contributed by atoms with van der Waals surface area (Å²) in [4.78, 5) is 0. The first-order valence-corrected chi connectivity index (χ1v) is 8.22. The minimum Gasteiger partial charge on any atom is -0.382 e. The van der Waals surface area contributed by atoms with Crippen molar-refractivity contribution >= 4 is 27.3 Å². The molecule has 0 saturated heterocycles. The molecule has 5 nitrogen and oxygen atoms in total. The van der Waals surface area contributed by atoms with Gasteiger partial charge in [0.15, 0.2) is 0 Å². The van der Waals surface area contributed by atoms with Crippen LogP contribution in [0.1, 0.15) is 11.1 Å². The Balaban J connectivity index is 2.63. The molecule has 0 aromatic heterocycles. The summed E-state index contributed by atoms with van der Waals surface area (Å²) in [5.74, 6) is -0.125. The quantitative estimate of drug-likeness (QED) is 0.747. The summed E-state index contributed by atoms with van der Waals surface area (Å²) in [5.41, 5.74) is 2.20. The number of halogens is 1. The Morgan fingerprint density at radius 2 is 1.90 bits per heavy atom. The molecule has 0 aliphatic carbocycles. The zero-order chi connectivity index (χ0) is 15.2. The third kappa shape index (κ3) is 5.66. The maximum Gasteiger partial charge on any atom is 0.235 e. The van der Waals surface area contributed by atoms with Crippen LogP contribution in [0, 0.1) is 13.8 Å². The number of rotatable bonds is 8. The predicted octanol–water partition coefficient (Wildman–Crippen LogP) is 2.36. The highest BCUT2D eigenvalue weighted by atomic mass is 35.5. The minimum atomic E-state index is -3.48. The lowest BCUT2D eigenvalue weighted by Crippen LogP contribution is -2.21. The highest BCUT2D eigenvalue weighted by Crippen LogP contribution is 2.28. The molecule has 1 rings (SSSR count). The molecule has 0 unspecified atom stereocenters. The maximum atomic E-state index is 11.9. The topological polar surface area (TPSA) is 64.6 Å². The Morgan fingerprint density at radius 1 is 1.20 bits per heavy atom. The van der Waals surface area contributed by atoms with Gasteiger partial charge in [0.2, 0.25) is 10.0 Å². The first-order valence-electron chi connectivity index (χ1n) is 6.19. The van der Waals surface area contributed by atoms with Crippen molar-refractivity contribution in [1.82, 2.24) is 0 Å². The molecule has 0 aliphatic heterocycles. The smallest absolute Gasteiger partial charge is 0.235 e. The lowest BCUT2D eigenvalue weighted by atomic mass is 10.1. The summed E-state index contributed by atoms with van der Waals surface area (Å²) in [6.07, 6.45) is 0. The molecule has 0 atom stereocenters. The van der Waals surface area contributed by atoms with Gasteiger partial charge in [-0.15, -0.1) is 0 Å². The van der Waals surface area contributed by atoms with E-state index in [-0.39, 0.29) is 12.4 Å². The van der Waals surface area contributed by atoms with E-state index in [1.807, 2.05) is 19.9 Å². The summed E-state index contributed by atoms with van der Waals surface area (Å²) < 4.78 is 36.3. The number of anilines is 1. The monoisotopic (exact) mass is 321 g/mol. The number of hydrogen-bond donors (Lipinski definition) is 1. The van der Waals surface area contributed by atoms with Crippen LogP contribution >= 0.6 is 11.6 Å². The Hall–Kier alpha value is -0.820. The summed E-state index contributed by atoms with van der Waals surface area (Å²) in [5, 5.41) is 0.395. The van der Waals surface area contributed by atoms with Crippen LogP contribution in [-0.2, 0) is 19.5 Å². The molecule has 0 saturated carbocycles. The van der Waals surface area contributed by atoms with Gasteiger partial charge in [-0.1, -0.05) is 17.7 Å². The molecule has 1 aromatic rings. The molecule has 1 N–H and O–H groups in total. The highest BCUT2D eigenvalue weighted by molar-refractivity contribution is 7.92. The third-order valence-corrected chi connectivity index (χ3v) is 4.13. The van der Waals surface area contributed by atoms with E-state index < -0.39 is 10.0 Å². The first kappa shape index (κ1) is 17.2. The predicted molar refractivity (Wildman–Crippen MR) is 81.0 cm³/mol. The number of methoxy groups -OCH3 is 1. The maximum absolute atomic E-state index is 11.9. The number of hydrogen-bond acceptors (Lipinski definition) is 4. The highest BCUT2D eigenvalue weighted by Gasteiger charge is 2.14. The molecule has 0 radical (unpaired) electrons. The van der Waals surface area contributed by atoms with Crippen molar-refractivity contribution in [3.05, 3.63) is 28.3 Å². The Bertz CT molecular complexity index is 522. The zero-order valence-electron chi connectivity index (χ0n) is 11.9. The van der Waals surface area contributed by atoms with Crippen molar-refractivity contribution < 1.29 is 17.9 Å². The SMILES string of the molecule is COCCOCCS(=O)(=O)Nc1c(C)cc(C)cc1Cl. The molecule has 0 fully saturated rings. The molecule has 0 spiro atoms. The van der Waals surface area contributed by atoms with Crippen molar-refractivity contribution in [2.75, 3.05) is 37.4 Å². The summed E-state index contributed by atoms with van der Waals surface area (Å²) in [7, 11) is -1.92. The molecule has 0 bridgehead atoms. The number of benzene rings is 1. The standard InChI is InChI=1S/C13H20ClNO4S/c1-10-8-11(2)13(12(14)9-10)15-20(16,17)7-6-19-5-4-18-3/h8-9,15H,4-7H2,1-3H3. The van der Waals surface area contributed by atoms with Crippen LogP contribution in [0.2, 0.25) is 5.02 Å². The van der Waals surface area contributed by atoms with Crippen molar-refractivity contribution in [2.24, 2.45) is 0 Å². The van der Waals surface area contributed by atoms with Crippen molar-refractivity contribution in [2.45, 2.75) is 13.8 Å². The molecule has 0 aliphatic rings. The molecule has 20 heavy (non-hydrogen) atoms. The van der Waals surface area contributed by atoms with Gasteiger partial charge in [0.05, 0.1) is 36.3 Å². The van der Waals surface area contributed by atoms with Crippen LogP contribution in [0.4, 0.5) is 5.69 Å². The average Bonchev–Trinajstić information content (AvgIpc) is 2.33. The van der Waals surface area contributed by atoms with E-state index in [1.165, 1.54) is 0 Å². The number of sulfonamides is 1. The Kier molecular flexibility index (Phi) is 6.75. The molecule has 114 valence electrons. The van der Waals surface area contributed by atoms with Gasteiger partial charge < -0.3 is 9.47 Å². The fraction of sp³-hybridized carbons (Fsp3) is 0.538. The normalized spacial score (nSPS) is 11.6. The largest absolute Gasteiger partial charge is 0.382 e. The summed E-state index contributed by atoms with van der Waals surface area (Å²) in [6, 6.07) is 3.60. The van der Waals surface area contributed by atoms with Crippen LogP contribution in [0.5, 0.6) is 0 Å². The van der Waals surface area contributed by atoms with Crippen LogP contribution < -0.4 is 4.72 Å². The van der Waals surface area contributed by atoms with Crippen molar-refractivity contribution in [3.63, 3.8) is 0 Å². The first-order chi connectivity index (χ1) is 9.35. The van der Waals surface area contributed by atoms with Crippen molar-refractivity contribution in [3.8, 4) is 0 Å². The van der Waals surface area contributed by atoms with Gasteiger partial charge in [0.1, 0.15) is 0 Å². The second-order valence-electron chi connectivity index (χ2n) is 4.46. The molecular weight excluding hydrogens is 302 g/mol. The van der Waals surface area contributed by atoms with Gasteiger partial charge in [-0.25, -0.2) is 8.42 Å². The molecule has 0 heterocycles. The van der Waals surface area contributed by atoms with Gasteiger partial charge in [0, 0.05) is 7.11 Å². The lowest BCUT2D eigenvalue weighted by molar-refractivity contribution is 0.0785. The van der Waals surface area contributed by atoms with E-state index in [0.29, 0.717) is 23.9 Å². The summed E-state index contributed by atoms with van der Waals surface area (Å²) in [6.45, 7) is 4.64. The second kappa shape index (κ2) is 7.83. The van der Waals surface area contributed by atoms with Gasteiger partial charge in [-0.3, -0.25) is 4.72 Å². The van der Waals surface area contributed by atoms with Crippen LogP contribution in [0.3, 0.4) is 0 Å². The van der Waals surface area contributed by atoms with Crippen LogP contribution in [0.15, 0.2) is 12.1 Å². The van der Waals surface area contributed by atoms with E-state index in [2.05, 4.69) is 4.72 Å². The molecular formula is C13H20ClNO4S. The summed E-state index contributed by atoms with van der Waals surface area (Å²) >= 11 is 6.07. The van der Waals surface area contributed by atoms with E-state index in [4.69, 9.17) is 21.1 Å². The van der Waals surface area contributed by atoms with Crippen LogP contribution in [0.25, 0.3) is 0 Å². The zero-order valence-corrected chi connectivity index (χ0v) is 13.5.